The van der Waals surface area contributed by atoms with E-state index in [1.54, 1.807) is 5.57 Å². The molecular formula is C16H30. The van der Waals surface area contributed by atoms with Crippen LogP contribution in [-0.2, 0) is 0 Å². The second kappa shape index (κ2) is 3.89. The highest BCUT2D eigenvalue weighted by molar-refractivity contribution is 5.24. The normalized spacial score (nSPS) is 23.5. The van der Waals surface area contributed by atoms with Crippen molar-refractivity contribution in [3.05, 3.63) is 11.6 Å². The average molecular weight is 222 g/mol. The van der Waals surface area contributed by atoms with Gasteiger partial charge >= 0.3 is 0 Å². The van der Waals surface area contributed by atoms with E-state index in [0.29, 0.717) is 16.2 Å². The molecule has 0 fully saturated rings. The van der Waals surface area contributed by atoms with E-state index in [1.165, 1.54) is 12.8 Å². The van der Waals surface area contributed by atoms with E-state index in [0.717, 1.165) is 5.92 Å². The Labute approximate surface area is 103 Å². The van der Waals surface area contributed by atoms with Crippen molar-refractivity contribution in [3.63, 3.8) is 0 Å². The molecule has 0 amide bonds. The van der Waals surface area contributed by atoms with Crippen molar-refractivity contribution in [2.75, 3.05) is 0 Å². The minimum Gasteiger partial charge on any atom is -0.0844 e. The van der Waals surface area contributed by atoms with Crippen molar-refractivity contribution in [1.82, 2.24) is 0 Å². The summed E-state index contributed by atoms with van der Waals surface area (Å²) in [4.78, 5) is 0. The Balaban J connectivity index is 3.05. The molecule has 1 aliphatic carbocycles. The first-order chi connectivity index (χ1) is 6.98. The van der Waals surface area contributed by atoms with Gasteiger partial charge in [-0.1, -0.05) is 67.0 Å². The number of allylic oxidation sites excluding steroid dienone is 2. The van der Waals surface area contributed by atoms with Crippen LogP contribution in [0.4, 0.5) is 0 Å². The molecule has 0 aromatic rings. The van der Waals surface area contributed by atoms with Crippen molar-refractivity contribution in [2.45, 2.75) is 68.2 Å². The van der Waals surface area contributed by atoms with Crippen LogP contribution in [0.1, 0.15) is 68.2 Å². The average Bonchev–Trinajstić information content (AvgIpc) is 2.47. The van der Waals surface area contributed by atoms with Gasteiger partial charge in [-0.3, -0.25) is 0 Å². The lowest BCUT2D eigenvalue weighted by atomic mass is 9.59. The third kappa shape index (κ3) is 2.36. The largest absolute Gasteiger partial charge is 0.0844 e. The summed E-state index contributed by atoms with van der Waals surface area (Å²) in [7, 11) is 0. The Morgan fingerprint density at radius 1 is 0.938 bits per heavy atom. The second-order valence-corrected chi connectivity index (χ2v) is 8.03. The van der Waals surface area contributed by atoms with Gasteiger partial charge in [-0.15, -0.1) is 0 Å². The van der Waals surface area contributed by atoms with Gasteiger partial charge in [0.1, 0.15) is 0 Å². The predicted molar refractivity (Wildman–Crippen MR) is 73.5 cm³/mol. The monoisotopic (exact) mass is 222 g/mol. The van der Waals surface area contributed by atoms with Gasteiger partial charge in [0.25, 0.3) is 0 Å². The number of hydrogen-bond acceptors (Lipinski definition) is 0. The molecule has 0 N–H and O–H groups in total. The van der Waals surface area contributed by atoms with Crippen LogP contribution in [0, 0.1) is 22.2 Å². The second-order valence-electron chi connectivity index (χ2n) is 8.03. The van der Waals surface area contributed by atoms with Gasteiger partial charge in [-0.2, -0.15) is 0 Å². The van der Waals surface area contributed by atoms with Crippen LogP contribution in [0.5, 0.6) is 0 Å². The van der Waals surface area contributed by atoms with Gasteiger partial charge in [0.2, 0.25) is 0 Å². The fraction of sp³-hybridized carbons (Fsp3) is 0.875. The van der Waals surface area contributed by atoms with E-state index in [4.69, 9.17) is 0 Å². The zero-order valence-corrected chi connectivity index (χ0v) is 12.6. The molecule has 0 aromatic heterocycles. The lowest BCUT2D eigenvalue weighted by Crippen LogP contribution is -2.36. The zero-order valence-electron chi connectivity index (χ0n) is 12.6. The Morgan fingerprint density at radius 2 is 1.44 bits per heavy atom. The summed E-state index contributed by atoms with van der Waals surface area (Å²) in [5.41, 5.74) is 2.76. The van der Waals surface area contributed by atoms with Gasteiger partial charge in [0.05, 0.1) is 0 Å². The van der Waals surface area contributed by atoms with Gasteiger partial charge in [0, 0.05) is 0 Å². The van der Waals surface area contributed by atoms with Gasteiger partial charge in [0.15, 0.2) is 0 Å². The Bertz CT molecular complexity index is 278. The third-order valence-electron chi connectivity index (χ3n) is 4.84. The predicted octanol–water partition coefficient (Wildman–Crippen LogP) is 5.44. The van der Waals surface area contributed by atoms with Crippen molar-refractivity contribution in [3.8, 4) is 0 Å². The molecule has 94 valence electrons. The highest BCUT2D eigenvalue weighted by Gasteiger charge is 2.43. The van der Waals surface area contributed by atoms with E-state index >= 15 is 0 Å². The first-order valence-electron chi connectivity index (χ1n) is 6.68. The molecule has 1 aliphatic rings. The third-order valence-corrected chi connectivity index (χ3v) is 4.84. The lowest BCUT2D eigenvalue weighted by molar-refractivity contribution is 0.137. The van der Waals surface area contributed by atoms with Crippen LogP contribution in [0.2, 0.25) is 0 Å². The molecule has 1 unspecified atom stereocenters. The molecule has 0 nitrogen and oxygen atoms in total. The van der Waals surface area contributed by atoms with Gasteiger partial charge in [-0.05, 0) is 35.0 Å². The summed E-state index contributed by atoms with van der Waals surface area (Å²) in [6.45, 7) is 19.1. The van der Waals surface area contributed by atoms with E-state index in [9.17, 15) is 0 Å². The standard InChI is InChI=1S/C16H30/c1-14(2,3)12-10-9-11-13(12)16(7,8)15(4,5)6/h11-12H,9-10H2,1-8H3. The Hall–Kier alpha value is -0.260. The maximum atomic E-state index is 2.52. The van der Waals surface area contributed by atoms with Crippen molar-refractivity contribution in [1.29, 1.82) is 0 Å². The van der Waals surface area contributed by atoms with E-state index < -0.39 is 0 Å². The molecule has 0 radical (unpaired) electrons. The highest BCUT2D eigenvalue weighted by Crippen LogP contribution is 2.53. The minimum atomic E-state index is 0.307. The Morgan fingerprint density at radius 3 is 1.81 bits per heavy atom. The summed E-state index contributed by atoms with van der Waals surface area (Å²) in [6.07, 6.45) is 5.14. The molecule has 1 atom stereocenters. The van der Waals surface area contributed by atoms with Crippen LogP contribution < -0.4 is 0 Å². The molecule has 1 rings (SSSR count). The molecule has 0 aromatic carbocycles. The molecule has 0 saturated carbocycles. The van der Waals surface area contributed by atoms with Crippen LogP contribution in [0.25, 0.3) is 0 Å². The summed E-state index contributed by atoms with van der Waals surface area (Å²) in [6, 6.07) is 0. The quantitative estimate of drug-likeness (QED) is 0.518. The first-order valence-corrected chi connectivity index (χ1v) is 6.68. The smallest absolute Gasteiger partial charge is 0.00932 e. The number of hydrogen-bond donors (Lipinski definition) is 0. The van der Waals surface area contributed by atoms with Crippen molar-refractivity contribution >= 4 is 0 Å². The number of rotatable bonds is 1. The van der Waals surface area contributed by atoms with Crippen molar-refractivity contribution < 1.29 is 0 Å². The SMILES string of the molecule is CC(C)(C)C1CCC=C1C(C)(C)C(C)(C)C. The molecule has 0 spiro atoms. The maximum Gasteiger partial charge on any atom is -0.00932 e. The van der Waals surface area contributed by atoms with Crippen LogP contribution in [-0.4, -0.2) is 0 Å². The molecule has 0 heteroatoms. The van der Waals surface area contributed by atoms with Crippen LogP contribution in [0.3, 0.4) is 0 Å². The van der Waals surface area contributed by atoms with E-state index in [2.05, 4.69) is 61.5 Å². The van der Waals surface area contributed by atoms with E-state index in [1.807, 2.05) is 0 Å². The molecule has 0 saturated heterocycles. The fourth-order valence-corrected chi connectivity index (χ4v) is 2.73. The van der Waals surface area contributed by atoms with E-state index in [-0.39, 0.29) is 0 Å². The fourth-order valence-electron chi connectivity index (χ4n) is 2.73. The summed E-state index contributed by atoms with van der Waals surface area (Å²) < 4.78 is 0. The molecule has 16 heavy (non-hydrogen) atoms. The topological polar surface area (TPSA) is 0 Å². The summed E-state index contributed by atoms with van der Waals surface area (Å²) >= 11 is 0. The van der Waals surface area contributed by atoms with Crippen LogP contribution in [0.15, 0.2) is 11.6 Å². The highest BCUT2D eigenvalue weighted by atomic mass is 14.5. The molecule has 0 bridgehead atoms. The summed E-state index contributed by atoms with van der Waals surface area (Å²) in [5, 5.41) is 0. The zero-order chi connectivity index (χ0) is 12.8. The van der Waals surface area contributed by atoms with Crippen LogP contribution >= 0.6 is 0 Å². The first kappa shape index (κ1) is 13.8. The molecule has 0 aliphatic heterocycles. The minimum absolute atomic E-state index is 0.307. The molecular weight excluding hydrogens is 192 g/mol. The maximum absolute atomic E-state index is 2.52. The Kier molecular flexibility index (Phi) is 3.36. The van der Waals surface area contributed by atoms with Gasteiger partial charge in [-0.25, -0.2) is 0 Å². The molecule has 0 heterocycles. The summed E-state index contributed by atoms with van der Waals surface area (Å²) in [5.74, 6) is 0.765. The lowest BCUT2D eigenvalue weighted by Gasteiger charge is -2.45. The van der Waals surface area contributed by atoms with Gasteiger partial charge < -0.3 is 0 Å². The van der Waals surface area contributed by atoms with Crippen molar-refractivity contribution in [2.24, 2.45) is 22.2 Å².